The van der Waals surface area contributed by atoms with Gasteiger partial charge in [0.05, 0.1) is 17.7 Å². The predicted octanol–water partition coefficient (Wildman–Crippen LogP) is 2.40. The van der Waals surface area contributed by atoms with E-state index in [-0.39, 0.29) is 29.7 Å². The Morgan fingerprint density at radius 3 is 2.32 bits per heavy atom. The van der Waals surface area contributed by atoms with E-state index in [1.54, 1.807) is 6.92 Å². The zero-order valence-corrected chi connectivity index (χ0v) is 14.2. The molecule has 0 heterocycles. The van der Waals surface area contributed by atoms with Crippen LogP contribution in [0.4, 0.5) is 0 Å². The molecule has 136 valence electrons. The van der Waals surface area contributed by atoms with Gasteiger partial charge in [-0.15, -0.1) is 0 Å². The number of aliphatic hydroxyl groups excluding tert-OH is 1. The first-order chi connectivity index (χ1) is 11.8. The molecule has 2 atom stereocenters. The van der Waals surface area contributed by atoms with Crippen molar-refractivity contribution < 1.29 is 34.1 Å². The van der Waals surface area contributed by atoms with E-state index in [0.29, 0.717) is 6.42 Å². The number of esters is 2. The molecular formula is C18H22O7. The van der Waals surface area contributed by atoms with Gasteiger partial charge >= 0.3 is 17.9 Å². The summed E-state index contributed by atoms with van der Waals surface area (Å²) >= 11 is 0. The van der Waals surface area contributed by atoms with Crippen LogP contribution in [0.3, 0.4) is 0 Å². The van der Waals surface area contributed by atoms with Crippen molar-refractivity contribution >= 4 is 17.9 Å². The van der Waals surface area contributed by atoms with E-state index in [9.17, 15) is 19.5 Å². The van der Waals surface area contributed by atoms with Gasteiger partial charge in [-0.3, -0.25) is 0 Å². The first-order valence-corrected chi connectivity index (χ1v) is 7.81. The summed E-state index contributed by atoms with van der Waals surface area (Å²) in [5, 5.41) is 19.2. The Labute approximate surface area is 145 Å². The van der Waals surface area contributed by atoms with Crippen LogP contribution < -0.4 is 0 Å². The van der Waals surface area contributed by atoms with Gasteiger partial charge in [0.25, 0.3) is 0 Å². The molecule has 25 heavy (non-hydrogen) atoms. The molecule has 0 fully saturated rings. The van der Waals surface area contributed by atoms with E-state index < -0.39 is 30.1 Å². The number of benzene rings is 1. The summed E-state index contributed by atoms with van der Waals surface area (Å²) in [5.74, 6) is -3.18. The maximum Gasteiger partial charge on any atom is 0.341 e. The van der Waals surface area contributed by atoms with E-state index in [4.69, 9.17) is 14.6 Å². The Bertz CT molecular complexity index is 651. The fourth-order valence-electron chi connectivity index (χ4n) is 2.09. The van der Waals surface area contributed by atoms with Gasteiger partial charge < -0.3 is 19.7 Å². The van der Waals surface area contributed by atoms with Crippen LogP contribution in [0.15, 0.2) is 36.4 Å². The van der Waals surface area contributed by atoms with Crippen LogP contribution in [0.1, 0.15) is 47.4 Å². The molecule has 1 rings (SSSR count). The molecule has 2 N–H and O–H groups in total. The van der Waals surface area contributed by atoms with Gasteiger partial charge in [0.2, 0.25) is 6.29 Å². The first-order valence-electron chi connectivity index (χ1n) is 7.81. The standard InChI is InChI=1S/C18H22O7/c1-4-12(9-10-24-16(21)11(2)3)17(22)25-18(23)14-8-6-5-7-13(14)15(19)20/h5-8,12,17,22H,2,4,9-10H2,1,3H3,(H,19,20). The van der Waals surface area contributed by atoms with Crippen LogP contribution in [0.2, 0.25) is 0 Å². The Morgan fingerprint density at radius 1 is 1.20 bits per heavy atom. The molecule has 0 bridgehead atoms. The second-order valence-corrected chi connectivity index (χ2v) is 5.52. The first kappa shape index (κ1) is 20.4. The summed E-state index contributed by atoms with van der Waals surface area (Å²) in [6, 6.07) is 5.58. The number of aromatic carboxylic acids is 1. The van der Waals surface area contributed by atoms with E-state index in [1.165, 1.54) is 31.2 Å². The predicted molar refractivity (Wildman–Crippen MR) is 89.0 cm³/mol. The largest absolute Gasteiger partial charge is 0.478 e. The normalized spacial score (nSPS) is 12.8. The molecule has 7 nitrogen and oxygen atoms in total. The zero-order valence-electron chi connectivity index (χ0n) is 14.2. The topological polar surface area (TPSA) is 110 Å². The SMILES string of the molecule is C=C(C)C(=O)OCCC(CC)C(O)OC(=O)c1ccccc1C(=O)O. The average Bonchev–Trinajstić information content (AvgIpc) is 2.58. The Hall–Kier alpha value is -2.67. The lowest BCUT2D eigenvalue weighted by Gasteiger charge is -2.21. The second kappa shape index (κ2) is 9.58. The number of rotatable bonds is 9. The van der Waals surface area contributed by atoms with Crippen molar-refractivity contribution in [2.75, 3.05) is 6.61 Å². The number of carbonyl (C=O) groups is 3. The van der Waals surface area contributed by atoms with Crippen LogP contribution in [0.25, 0.3) is 0 Å². The molecular weight excluding hydrogens is 328 g/mol. The van der Waals surface area contributed by atoms with Crippen LogP contribution in [0.5, 0.6) is 0 Å². The lowest BCUT2D eigenvalue weighted by molar-refractivity contribution is -0.141. The third kappa shape index (κ3) is 6.04. The number of carboxylic acid groups (broad SMARTS) is 1. The van der Waals surface area contributed by atoms with Gasteiger partial charge in [0, 0.05) is 11.5 Å². The molecule has 0 aliphatic heterocycles. The van der Waals surface area contributed by atoms with Crippen molar-refractivity contribution in [1.82, 2.24) is 0 Å². The molecule has 2 unspecified atom stereocenters. The summed E-state index contributed by atoms with van der Waals surface area (Å²) in [6.07, 6.45) is -0.688. The van der Waals surface area contributed by atoms with E-state index in [2.05, 4.69) is 6.58 Å². The van der Waals surface area contributed by atoms with Crippen molar-refractivity contribution in [3.8, 4) is 0 Å². The van der Waals surface area contributed by atoms with Gasteiger partial charge in [-0.1, -0.05) is 25.6 Å². The highest BCUT2D eigenvalue weighted by Crippen LogP contribution is 2.18. The molecule has 7 heteroatoms. The Kier molecular flexibility index (Phi) is 7.81. The summed E-state index contributed by atoms with van der Waals surface area (Å²) in [7, 11) is 0. The van der Waals surface area contributed by atoms with Gasteiger partial charge in [-0.25, -0.2) is 14.4 Å². The minimum atomic E-state index is -1.44. The molecule has 0 saturated carbocycles. The number of carbonyl (C=O) groups excluding carboxylic acids is 2. The monoisotopic (exact) mass is 350 g/mol. The summed E-state index contributed by atoms with van der Waals surface area (Å²) in [5.41, 5.74) is -0.0777. The maximum atomic E-state index is 12.1. The molecule has 1 aromatic carbocycles. The third-order valence-electron chi connectivity index (χ3n) is 3.60. The van der Waals surface area contributed by atoms with E-state index in [1.807, 2.05) is 0 Å². The number of aliphatic hydroxyl groups is 1. The lowest BCUT2D eigenvalue weighted by Crippen LogP contribution is -2.28. The number of hydrogen-bond donors (Lipinski definition) is 2. The van der Waals surface area contributed by atoms with Crippen LogP contribution in [0, 0.1) is 5.92 Å². The highest BCUT2D eigenvalue weighted by atomic mass is 16.6. The molecule has 0 aliphatic rings. The summed E-state index contributed by atoms with van der Waals surface area (Å²) < 4.78 is 9.94. The van der Waals surface area contributed by atoms with Crippen molar-refractivity contribution in [2.24, 2.45) is 5.92 Å². The van der Waals surface area contributed by atoms with Crippen molar-refractivity contribution in [2.45, 2.75) is 33.0 Å². The molecule has 0 radical (unpaired) electrons. The van der Waals surface area contributed by atoms with Gasteiger partial charge in [-0.2, -0.15) is 0 Å². The lowest BCUT2D eigenvalue weighted by atomic mass is 10.0. The van der Waals surface area contributed by atoms with Crippen LogP contribution >= 0.6 is 0 Å². The van der Waals surface area contributed by atoms with Crippen LogP contribution in [-0.2, 0) is 14.3 Å². The molecule has 0 aliphatic carbocycles. The van der Waals surface area contributed by atoms with Crippen molar-refractivity contribution in [3.05, 3.63) is 47.5 Å². The number of ether oxygens (including phenoxy) is 2. The fraction of sp³-hybridized carbons (Fsp3) is 0.389. The molecule has 1 aromatic rings. The molecule has 0 saturated heterocycles. The number of hydrogen-bond acceptors (Lipinski definition) is 6. The third-order valence-corrected chi connectivity index (χ3v) is 3.60. The van der Waals surface area contributed by atoms with Crippen molar-refractivity contribution in [1.29, 1.82) is 0 Å². The molecule has 0 amide bonds. The van der Waals surface area contributed by atoms with Crippen LogP contribution in [-0.4, -0.2) is 41.0 Å². The summed E-state index contributed by atoms with van der Waals surface area (Å²) in [6.45, 7) is 6.82. The second-order valence-electron chi connectivity index (χ2n) is 5.52. The van der Waals surface area contributed by atoms with Gasteiger partial charge in [-0.05, 0) is 31.9 Å². The Balaban J connectivity index is 2.67. The van der Waals surface area contributed by atoms with Crippen molar-refractivity contribution in [3.63, 3.8) is 0 Å². The summed E-state index contributed by atoms with van der Waals surface area (Å²) in [4.78, 5) is 34.6. The zero-order chi connectivity index (χ0) is 19.0. The highest BCUT2D eigenvalue weighted by molar-refractivity contribution is 6.02. The quantitative estimate of drug-likeness (QED) is 0.400. The Morgan fingerprint density at radius 2 is 1.80 bits per heavy atom. The average molecular weight is 350 g/mol. The fourth-order valence-corrected chi connectivity index (χ4v) is 2.09. The van der Waals surface area contributed by atoms with Gasteiger partial charge in [0.1, 0.15) is 0 Å². The minimum absolute atomic E-state index is 0.0462. The molecule has 0 aromatic heterocycles. The van der Waals surface area contributed by atoms with E-state index in [0.717, 1.165) is 0 Å². The smallest absolute Gasteiger partial charge is 0.341 e. The molecule has 0 spiro atoms. The van der Waals surface area contributed by atoms with E-state index >= 15 is 0 Å². The highest BCUT2D eigenvalue weighted by Gasteiger charge is 2.25. The number of carboxylic acids is 1. The maximum absolute atomic E-state index is 12.1. The van der Waals surface area contributed by atoms with Gasteiger partial charge in [0.15, 0.2) is 0 Å². The minimum Gasteiger partial charge on any atom is -0.478 e.